The molecular weight excluding hydrogens is 200 g/mol. The summed E-state index contributed by atoms with van der Waals surface area (Å²) in [7, 11) is 0. The molecule has 1 atom stereocenters. The number of nitrogen functional groups attached to an aromatic ring is 1. The van der Waals surface area contributed by atoms with Crippen molar-refractivity contribution in [1.82, 2.24) is 0 Å². The smallest absolute Gasteiger partial charge is 0.0637 e. The first-order valence-electron chi connectivity index (χ1n) is 5.90. The van der Waals surface area contributed by atoms with E-state index in [1.165, 1.54) is 0 Å². The zero-order valence-corrected chi connectivity index (χ0v) is 9.82. The first-order valence-corrected chi connectivity index (χ1v) is 5.90. The molecule has 2 rings (SSSR count). The van der Waals surface area contributed by atoms with Crippen molar-refractivity contribution in [3.63, 3.8) is 0 Å². The van der Waals surface area contributed by atoms with Gasteiger partial charge in [0.1, 0.15) is 0 Å². The van der Waals surface area contributed by atoms with Gasteiger partial charge in [-0.25, -0.2) is 0 Å². The predicted octanol–water partition coefficient (Wildman–Crippen LogP) is 2.01. The number of aliphatic hydroxyl groups is 1. The molecule has 1 aromatic rings. The molecule has 0 aliphatic carbocycles. The Morgan fingerprint density at radius 3 is 2.88 bits per heavy atom. The van der Waals surface area contributed by atoms with Crippen molar-refractivity contribution in [3.05, 3.63) is 24.3 Å². The summed E-state index contributed by atoms with van der Waals surface area (Å²) in [6, 6.07) is 7.96. The van der Waals surface area contributed by atoms with E-state index in [4.69, 9.17) is 5.73 Å². The van der Waals surface area contributed by atoms with Crippen LogP contribution < -0.4 is 10.6 Å². The van der Waals surface area contributed by atoms with E-state index in [1.807, 2.05) is 25.1 Å². The molecule has 0 amide bonds. The second-order valence-corrected chi connectivity index (χ2v) is 4.93. The Hall–Kier alpha value is -1.22. The molecule has 1 fully saturated rings. The van der Waals surface area contributed by atoms with Crippen LogP contribution in [0, 0.1) is 0 Å². The molecule has 88 valence electrons. The minimum absolute atomic E-state index is 0.505. The molecule has 1 aliphatic rings. The summed E-state index contributed by atoms with van der Waals surface area (Å²) in [5, 5.41) is 10.0. The average Bonchev–Trinajstić information content (AvgIpc) is 2.39. The van der Waals surface area contributed by atoms with E-state index in [-0.39, 0.29) is 0 Å². The molecule has 0 radical (unpaired) electrons. The van der Waals surface area contributed by atoms with Crippen LogP contribution in [-0.2, 0) is 0 Å². The topological polar surface area (TPSA) is 49.5 Å². The first-order chi connectivity index (χ1) is 7.57. The molecule has 1 saturated heterocycles. The van der Waals surface area contributed by atoms with Crippen LogP contribution in [0.25, 0.3) is 0 Å². The van der Waals surface area contributed by atoms with Crippen LogP contribution in [0.4, 0.5) is 11.4 Å². The Morgan fingerprint density at radius 1 is 1.31 bits per heavy atom. The van der Waals surface area contributed by atoms with Gasteiger partial charge in [0, 0.05) is 24.5 Å². The van der Waals surface area contributed by atoms with E-state index < -0.39 is 5.60 Å². The molecule has 16 heavy (non-hydrogen) atoms. The van der Waals surface area contributed by atoms with Gasteiger partial charge < -0.3 is 15.7 Å². The van der Waals surface area contributed by atoms with Crippen molar-refractivity contribution in [2.24, 2.45) is 0 Å². The van der Waals surface area contributed by atoms with Crippen molar-refractivity contribution in [1.29, 1.82) is 0 Å². The Balaban J connectivity index is 2.11. The molecule has 1 unspecified atom stereocenters. The molecule has 3 N–H and O–H groups in total. The van der Waals surface area contributed by atoms with E-state index in [9.17, 15) is 5.11 Å². The van der Waals surface area contributed by atoms with Gasteiger partial charge in [0.25, 0.3) is 0 Å². The summed E-state index contributed by atoms with van der Waals surface area (Å²) >= 11 is 0. The Labute approximate surface area is 96.9 Å². The van der Waals surface area contributed by atoms with Crippen molar-refractivity contribution in [2.45, 2.75) is 31.8 Å². The fourth-order valence-electron chi connectivity index (χ4n) is 2.24. The van der Waals surface area contributed by atoms with Gasteiger partial charge in [-0.05, 0) is 44.4 Å². The Morgan fingerprint density at radius 2 is 2.12 bits per heavy atom. The summed E-state index contributed by atoms with van der Waals surface area (Å²) in [6.45, 7) is 3.83. The molecule has 3 nitrogen and oxygen atoms in total. The van der Waals surface area contributed by atoms with Crippen LogP contribution in [0.1, 0.15) is 26.2 Å². The summed E-state index contributed by atoms with van der Waals surface area (Å²) in [5.41, 5.74) is 7.24. The first kappa shape index (κ1) is 11.3. The van der Waals surface area contributed by atoms with E-state index in [0.29, 0.717) is 0 Å². The SMILES string of the molecule is CC1(O)CCCN(c2cccc(N)c2)CC1. The van der Waals surface area contributed by atoms with Gasteiger partial charge >= 0.3 is 0 Å². The van der Waals surface area contributed by atoms with Crippen molar-refractivity contribution in [2.75, 3.05) is 23.7 Å². The monoisotopic (exact) mass is 220 g/mol. The van der Waals surface area contributed by atoms with Gasteiger partial charge in [0.15, 0.2) is 0 Å². The Bertz CT molecular complexity index is 363. The van der Waals surface area contributed by atoms with Crippen LogP contribution in [0.5, 0.6) is 0 Å². The van der Waals surface area contributed by atoms with Crippen LogP contribution in [0.3, 0.4) is 0 Å². The third-order valence-corrected chi connectivity index (χ3v) is 3.30. The van der Waals surface area contributed by atoms with Crippen molar-refractivity contribution >= 4 is 11.4 Å². The van der Waals surface area contributed by atoms with Crippen molar-refractivity contribution < 1.29 is 5.11 Å². The summed E-state index contributed by atoms with van der Waals surface area (Å²) in [6.07, 6.45) is 2.73. The van der Waals surface area contributed by atoms with Gasteiger partial charge in [0.05, 0.1) is 5.60 Å². The second-order valence-electron chi connectivity index (χ2n) is 4.93. The van der Waals surface area contributed by atoms with Gasteiger partial charge in [-0.3, -0.25) is 0 Å². The molecule has 1 aliphatic heterocycles. The van der Waals surface area contributed by atoms with Crippen molar-refractivity contribution in [3.8, 4) is 0 Å². The van der Waals surface area contributed by atoms with Crippen LogP contribution in [-0.4, -0.2) is 23.8 Å². The molecule has 1 heterocycles. The normalized spacial score (nSPS) is 26.5. The summed E-state index contributed by atoms with van der Waals surface area (Å²) in [5.74, 6) is 0. The lowest BCUT2D eigenvalue weighted by Crippen LogP contribution is -2.28. The molecule has 0 bridgehead atoms. The highest BCUT2D eigenvalue weighted by molar-refractivity contribution is 5.55. The van der Waals surface area contributed by atoms with Gasteiger partial charge in [-0.2, -0.15) is 0 Å². The molecule has 1 aromatic carbocycles. The molecule has 0 aromatic heterocycles. The zero-order chi connectivity index (χ0) is 11.6. The van der Waals surface area contributed by atoms with Crippen LogP contribution in [0.2, 0.25) is 0 Å². The number of hydrogen-bond acceptors (Lipinski definition) is 3. The molecule has 0 saturated carbocycles. The minimum Gasteiger partial charge on any atom is -0.399 e. The number of nitrogens with zero attached hydrogens (tertiary/aromatic N) is 1. The number of rotatable bonds is 1. The van der Waals surface area contributed by atoms with E-state index in [0.717, 1.165) is 43.7 Å². The number of benzene rings is 1. The minimum atomic E-state index is -0.505. The average molecular weight is 220 g/mol. The third kappa shape index (κ3) is 2.67. The van der Waals surface area contributed by atoms with Gasteiger partial charge in [0.2, 0.25) is 0 Å². The Kier molecular flexibility index (Phi) is 3.06. The van der Waals surface area contributed by atoms with Crippen LogP contribution >= 0.6 is 0 Å². The lowest BCUT2D eigenvalue weighted by atomic mass is 9.98. The van der Waals surface area contributed by atoms with Crippen LogP contribution in [0.15, 0.2) is 24.3 Å². The highest BCUT2D eigenvalue weighted by atomic mass is 16.3. The standard InChI is InChI=1S/C13H20N2O/c1-13(16)6-3-8-15(9-7-13)12-5-2-4-11(14)10-12/h2,4-5,10,16H,3,6-9,14H2,1H3. The van der Waals surface area contributed by atoms with E-state index in [1.54, 1.807) is 0 Å². The quantitative estimate of drug-likeness (QED) is 0.712. The number of hydrogen-bond donors (Lipinski definition) is 2. The molecular formula is C13H20N2O. The lowest BCUT2D eigenvalue weighted by Gasteiger charge is -2.24. The second kappa shape index (κ2) is 4.34. The largest absolute Gasteiger partial charge is 0.399 e. The third-order valence-electron chi connectivity index (χ3n) is 3.30. The fraction of sp³-hybridized carbons (Fsp3) is 0.538. The fourth-order valence-corrected chi connectivity index (χ4v) is 2.24. The highest BCUT2D eigenvalue weighted by Crippen LogP contribution is 2.26. The molecule has 0 spiro atoms. The maximum absolute atomic E-state index is 10.0. The van der Waals surface area contributed by atoms with Gasteiger partial charge in [-0.1, -0.05) is 6.07 Å². The number of anilines is 2. The lowest BCUT2D eigenvalue weighted by molar-refractivity contribution is 0.0481. The van der Waals surface area contributed by atoms with Gasteiger partial charge in [-0.15, -0.1) is 0 Å². The molecule has 3 heteroatoms. The zero-order valence-electron chi connectivity index (χ0n) is 9.82. The maximum Gasteiger partial charge on any atom is 0.0637 e. The highest BCUT2D eigenvalue weighted by Gasteiger charge is 2.24. The maximum atomic E-state index is 10.0. The van der Waals surface area contributed by atoms with E-state index in [2.05, 4.69) is 11.0 Å². The summed E-state index contributed by atoms with van der Waals surface area (Å²) in [4.78, 5) is 2.30. The summed E-state index contributed by atoms with van der Waals surface area (Å²) < 4.78 is 0. The number of nitrogens with two attached hydrogens (primary N) is 1. The van der Waals surface area contributed by atoms with E-state index >= 15 is 0 Å². The predicted molar refractivity (Wildman–Crippen MR) is 67.5 cm³/mol.